The smallest absolute Gasteiger partial charge is 0.239 e. The van der Waals surface area contributed by atoms with Gasteiger partial charge in [-0.05, 0) is 43.5 Å². The minimum atomic E-state index is -0.106. The molecule has 1 fully saturated rings. The molecule has 0 saturated carbocycles. The largest absolute Gasteiger partial charge is 0.304 e. The zero-order valence-electron chi connectivity index (χ0n) is 12.7. The lowest BCUT2D eigenvalue weighted by Crippen LogP contribution is -2.26. The molecule has 22 heavy (non-hydrogen) atoms. The van der Waals surface area contributed by atoms with Crippen molar-refractivity contribution in [1.82, 2.24) is 5.32 Å². The van der Waals surface area contributed by atoms with E-state index in [2.05, 4.69) is 29.4 Å². The number of benzene rings is 2. The Kier molecular flexibility index (Phi) is 4.29. The number of carbonyl (C=O) groups excluding carboxylic acids is 1. The summed E-state index contributed by atoms with van der Waals surface area (Å²) in [5.41, 5.74) is 4.50. The van der Waals surface area contributed by atoms with Gasteiger partial charge in [-0.2, -0.15) is 0 Å². The second-order valence-electron chi connectivity index (χ2n) is 5.48. The van der Waals surface area contributed by atoms with Crippen molar-refractivity contribution < 1.29 is 4.79 Å². The number of aliphatic imine (C=N–C) groups is 1. The third-order valence-electron chi connectivity index (χ3n) is 3.71. The monoisotopic (exact) mass is 310 g/mol. The van der Waals surface area contributed by atoms with Crippen LogP contribution in [0, 0.1) is 13.8 Å². The first-order chi connectivity index (χ1) is 10.6. The van der Waals surface area contributed by atoms with Crippen molar-refractivity contribution in [2.75, 3.05) is 0 Å². The van der Waals surface area contributed by atoms with E-state index in [1.54, 1.807) is 0 Å². The molecule has 112 valence electrons. The summed E-state index contributed by atoms with van der Waals surface area (Å²) in [6.07, 6.45) is 0.732. The number of nitrogens with zero attached hydrogens (tertiary/aromatic N) is 1. The summed E-state index contributed by atoms with van der Waals surface area (Å²) in [5, 5.41) is 3.46. The second kappa shape index (κ2) is 6.36. The number of carbonyl (C=O) groups is 1. The van der Waals surface area contributed by atoms with Crippen LogP contribution in [0.15, 0.2) is 53.5 Å². The zero-order chi connectivity index (χ0) is 15.5. The molecule has 2 aromatic carbocycles. The van der Waals surface area contributed by atoms with E-state index in [9.17, 15) is 4.79 Å². The Morgan fingerprint density at radius 3 is 2.55 bits per heavy atom. The fourth-order valence-corrected chi connectivity index (χ4v) is 3.38. The van der Waals surface area contributed by atoms with Crippen LogP contribution in [-0.4, -0.2) is 16.3 Å². The summed E-state index contributed by atoms with van der Waals surface area (Å²) in [6.45, 7) is 4.12. The van der Waals surface area contributed by atoms with E-state index in [4.69, 9.17) is 0 Å². The van der Waals surface area contributed by atoms with Crippen LogP contribution >= 0.6 is 11.8 Å². The number of amidine groups is 1. The van der Waals surface area contributed by atoms with Gasteiger partial charge in [0.1, 0.15) is 0 Å². The molecule has 1 aliphatic heterocycles. The quantitative estimate of drug-likeness (QED) is 0.937. The first-order valence-electron chi connectivity index (χ1n) is 7.29. The van der Waals surface area contributed by atoms with E-state index in [0.717, 1.165) is 12.1 Å². The van der Waals surface area contributed by atoms with Gasteiger partial charge in [-0.1, -0.05) is 53.7 Å². The average Bonchev–Trinajstić information content (AvgIpc) is 2.84. The Morgan fingerprint density at radius 2 is 1.82 bits per heavy atom. The van der Waals surface area contributed by atoms with E-state index >= 15 is 0 Å². The lowest BCUT2D eigenvalue weighted by atomic mass is 10.0. The summed E-state index contributed by atoms with van der Waals surface area (Å²) in [7, 11) is 0. The summed E-state index contributed by atoms with van der Waals surface area (Å²) in [5.74, 6) is 0.0408. The van der Waals surface area contributed by atoms with Crippen molar-refractivity contribution in [3.05, 3.63) is 65.2 Å². The van der Waals surface area contributed by atoms with E-state index in [1.165, 1.54) is 28.5 Å². The number of hydrogen-bond acceptors (Lipinski definition) is 3. The minimum absolute atomic E-state index is 0.0408. The predicted octanol–water partition coefficient (Wildman–Crippen LogP) is 3.77. The Bertz CT molecular complexity index is 722. The number of aryl methyl sites for hydroxylation is 2. The van der Waals surface area contributed by atoms with Crippen LogP contribution in [-0.2, 0) is 11.2 Å². The molecule has 1 atom stereocenters. The zero-order valence-corrected chi connectivity index (χ0v) is 13.5. The summed E-state index contributed by atoms with van der Waals surface area (Å²) in [4.78, 5) is 16.6. The van der Waals surface area contributed by atoms with E-state index < -0.39 is 0 Å². The maximum Gasteiger partial charge on any atom is 0.239 e. The van der Waals surface area contributed by atoms with Gasteiger partial charge in [0.25, 0.3) is 0 Å². The summed E-state index contributed by atoms with van der Waals surface area (Å²) in [6, 6.07) is 16.2. The molecular formula is C18H18N2OS. The Hall–Kier alpha value is -2.07. The Morgan fingerprint density at radius 1 is 1.09 bits per heavy atom. The third-order valence-corrected chi connectivity index (χ3v) is 4.79. The number of thioether (sulfide) groups is 1. The molecular weight excluding hydrogens is 292 g/mol. The lowest BCUT2D eigenvalue weighted by molar-refractivity contribution is -0.118. The van der Waals surface area contributed by atoms with Gasteiger partial charge < -0.3 is 5.32 Å². The highest BCUT2D eigenvalue weighted by molar-refractivity contribution is 8.15. The van der Waals surface area contributed by atoms with Crippen LogP contribution in [0.2, 0.25) is 0 Å². The Labute approximate surface area is 134 Å². The molecule has 3 rings (SSSR count). The van der Waals surface area contributed by atoms with Gasteiger partial charge in [0, 0.05) is 0 Å². The molecule has 1 saturated heterocycles. The van der Waals surface area contributed by atoms with E-state index in [0.29, 0.717) is 5.17 Å². The maximum atomic E-state index is 12.1. The highest BCUT2D eigenvalue weighted by Gasteiger charge is 2.30. The molecule has 1 amide bonds. The van der Waals surface area contributed by atoms with Gasteiger partial charge in [0.2, 0.25) is 5.91 Å². The van der Waals surface area contributed by atoms with Gasteiger partial charge >= 0.3 is 0 Å². The highest BCUT2D eigenvalue weighted by Crippen LogP contribution is 2.26. The van der Waals surface area contributed by atoms with Crippen LogP contribution in [0.5, 0.6) is 0 Å². The first kappa shape index (κ1) is 14.9. The molecule has 1 heterocycles. The van der Waals surface area contributed by atoms with E-state index in [-0.39, 0.29) is 11.2 Å². The minimum Gasteiger partial charge on any atom is -0.304 e. The molecule has 0 bridgehead atoms. The lowest BCUT2D eigenvalue weighted by Gasteiger charge is -2.08. The number of rotatable bonds is 3. The van der Waals surface area contributed by atoms with E-state index in [1.807, 2.05) is 43.3 Å². The maximum absolute atomic E-state index is 12.1. The van der Waals surface area contributed by atoms with Crippen molar-refractivity contribution in [3.8, 4) is 0 Å². The van der Waals surface area contributed by atoms with Crippen LogP contribution in [0.25, 0.3) is 0 Å². The van der Waals surface area contributed by atoms with Crippen LogP contribution in [0.4, 0.5) is 5.69 Å². The second-order valence-corrected chi connectivity index (χ2v) is 6.67. The van der Waals surface area contributed by atoms with Crippen molar-refractivity contribution in [2.45, 2.75) is 25.5 Å². The third kappa shape index (κ3) is 3.39. The van der Waals surface area contributed by atoms with Crippen molar-refractivity contribution in [3.63, 3.8) is 0 Å². The molecule has 1 unspecified atom stereocenters. The van der Waals surface area contributed by atoms with Crippen LogP contribution in [0.1, 0.15) is 16.7 Å². The highest BCUT2D eigenvalue weighted by atomic mass is 32.2. The molecule has 1 aliphatic rings. The molecule has 2 aromatic rings. The molecule has 0 aromatic heterocycles. The fourth-order valence-electron chi connectivity index (χ4n) is 2.37. The van der Waals surface area contributed by atoms with Crippen molar-refractivity contribution in [1.29, 1.82) is 0 Å². The standard InChI is InChI=1S/C18H18N2OS/c1-12-7-9-15(10-8-12)19-18-20-17(21)16(22-18)11-14-6-4-3-5-13(14)2/h3-10,16H,11H2,1-2H3,(H,19,20,21). The van der Waals surface area contributed by atoms with Gasteiger partial charge in [0.15, 0.2) is 5.17 Å². The topological polar surface area (TPSA) is 41.5 Å². The number of amides is 1. The average molecular weight is 310 g/mol. The SMILES string of the molecule is Cc1ccc(N=C2NC(=O)C(Cc3ccccc3C)S2)cc1. The molecule has 0 radical (unpaired) electrons. The molecule has 0 spiro atoms. The number of hydrogen-bond donors (Lipinski definition) is 1. The summed E-state index contributed by atoms with van der Waals surface area (Å²) >= 11 is 1.51. The molecule has 4 heteroatoms. The van der Waals surface area contributed by atoms with Gasteiger partial charge in [0.05, 0.1) is 10.9 Å². The summed E-state index contributed by atoms with van der Waals surface area (Å²) < 4.78 is 0. The normalized spacial score (nSPS) is 19.5. The molecule has 3 nitrogen and oxygen atoms in total. The van der Waals surface area contributed by atoms with Crippen LogP contribution < -0.4 is 5.32 Å². The Balaban J connectivity index is 1.73. The molecule has 0 aliphatic carbocycles. The van der Waals surface area contributed by atoms with Gasteiger partial charge in [-0.3, -0.25) is 4.79 Å². The van der Waals surface area contributed by atoms with Gasteiger partial charge in [-0.25, -0.2) is 4.99 Å². The van der Waals surface area contributed by atoms with Crippen molar-refractivity contribution in [2.24, 2.45) is 4.99 Å². The van der Waals surface area contributed by atoms with Crippen molar-refractivity contribution >= 4 is 28.5 Å². The van der Waals surface area contributed by atoms with Crippen LogP contribution in [0.3, 0.4) is 0 Å². The van der Waals surface area contributed by atoms with Gasteiger partial charge in [-0.15, -0.1) is 0 Å². The fraction of sp³-hybridized carbons (Fsp3) is 0.222. The first-order valence-corrected chi connectivity index (χ1v) is 8.17. The predicted molar refractivity (Wildman–Crippen MR) is 92.7 cm³/mol. The number of nitrogens with one attached hydrogen (secondary N) is 1. The molecule has 1 N–H and O–H groups in total.